The maximum Gasteiger partial charge on any atom is 0.327 e. The van der Waals surface area contributed by atoms with Crippen LogP contribution >= 0.6 is 0 Å². The predicted molar refractivity (Wildman–Crippen MR) is 77.1 cm³/mol. The van der Waals surface area contributed by atoms with Crippen molar-refractivity contribution in [2.24, 2.45) is 4.99 Å². The number of carbonyl (C=O) groups excluding carboxylic acids is 1. The average Bonchev–Trinajstić information content (AvgIpc) is 2.50. The van der Waals surface area contributed by atoms with Gasteiger partial charge in [-0.15, -0.1) is 0 Å². The van der Waals surface area contributed by atoms with Crippen LogP contribution in [0.1, 0.15) is 11.1 Å². The molecule has 102 valence electrons. The molecule has 4 heteroatoms. The molecule has 0 amide bonds. The molecular weight excluding hydrogens is 254 g/mol. The number of esters is 1. The van der Waals surface area contributed by atoms with Gasteiger partial charge in [0.25, 0.3) is 0 Å². The Bertz CT molecular complexity index is 621. The van der Waals surface area contributed by atoms with Crippen LogP contribution in [0.15, 0.2) is 59.6 Å². The number of ether oxygens (including phenoxy) is 1. The minimum absolute atomic E-state index is 0.0882. The molecule has 0 saturated heterocycles. The van der Waals surface area contributed by atoms with E-state index in [9.17, 15) is 9.90 Å². The molecule has 1 N–H and O–H groups in total. The molecule has 0 saturated carbocycles. The van der Waals surface area contributed by atoms with Crippen molar-refractivity contribution in [3.63, 3.8) is 0 Å². The van der Waals surface area contributed by atoms with E-state index in [1.165, 1.54) is 7.11 Å². The Morgan fingerprint density at radius 1 is 1.10 bits per heavy atom. The summed E-state index contributed by atoms with van der Waals surface area (Å²) in [6.45, 7) is -0.0882. The van der Waals surface area contributed by atoms with E-state index in [-0.39, 0.29) is 12.3 Å². The van der Waals surface area contributed by atoms with Crippen molar-refractivity contribution in [1.29, 1.82) is 0 Å². The van der Waals surface area contributed by atoms with E-state index in [0.29, 0.717) is 11.3 Å². The summed E-state index contributed by atoms with van der Waals surface area (Å²) in [5.74, 6) is -0.297. The normalized spacial score (nSPS) is 11.2. The molecule has 0 fully saturated rings. The number of carbonyl (C=O) groups is 1. The lowest BCUT2D eigenvalue weighted by molar-refractivity contribution is -0.138. The van der Waals surface area contributed by atoms with Crippen molar-refractivity contribution in [2.75, 3.05) is 13.7 Å². The molecule has 0 spiro atoms. The minimum atomic E-state index is -0.422. The molecule has 20 heavy (non-hydrogen) atoms. The first-order chi connectivity index (χ1) is 9.72. The number of phenolic OH excluding ortho intramolecular Hbond substituents is 1. The number of nitrogens with zero attached hydrogens (tertiary/aromatic N) is 1. The molecule has 4 nitrogen and oxygen atoms in total. The fraction of sp³-hybridized carbons (Fsp3) is 0.125. The zero-order valence-corrected chi connectivity index (χ0v) is 11.1. The molecule has 0 unspecified atom stereocenters. The highest BCUT2D eigenvalue weighted by molar-refractivity contribution is 6.14. The van der Waals surface area contributed by atoms with Gasteiger partial charge >= 0.3 is 5.97 Å². The van der Waals surface area contributed by atoms with Crippen LogP contribution < -0.4 is 0 Å². The molecule has 0 atom stereocenters. The van der Waals surface area contributed by atoms with Gasteiger partial charge in [0.2, 0.25) is 0 Å². The number of rotatable bonds is 4. The standard InChI is InChI=1S/C16H15NO3/c1-20-15(19)11-17-16(12-7-3-2-4-8-12)13-9-5-6-10-14(13)18/h2-10,18H,11H2,1H3. The van der Waals surface area contributed by atoms with Crippen molar-refractivity contribution < 1.29 is 14.6 Å². The van der Waals surface area contributed by atoms with E-state index in [1.54, 1.807) is 18.2 Å². The number of aliphatic imine (C=N–C) groups is 1. The number of hydrogen-bond donors (Lipinski definition) is 1. The number of aromatic hydroxyl groups is 1. The van der Waals surface area contributed by atoms with E-state index in [2.05, 4.69) is 9.73 Å². The third-order valence-electron chi connectivity index (χ3n) is 2.80. The third kappa shape index (κ3) is 3.23. The summed E-state index contributed by atoms with van der Waals surface area (Å²) in [5.41, 5.74) is 1.98. The van der Waals surface area contributed by atoms with Crippen LogP contribution in [0.3, 0.4) is 0 Å². The Balaban J connectivity index is 2.45. The van der Waals surface area contributed by atoms with Crippen LogP contribution in [0, 0.1) is 0 Å². The topological polar surface area (TPSA) is 58.9 Å². The van der Waals surface area contributed by atoms with Crippen LogP contribution in [-0.4, -0.2) is 30.4 Å². The molecule has 2 rings (SSSR count). The van der Waals surface area contributed by atoms with Crippen LogP contribution in [-0.2, 0) is 9.53 Å². The zero-order chi connectivity index (χ0) is 14.4. The van der Waals surface area contributed by atoms with Crippen molar-refractivity contribution in [2.45, 2.75) is 0 Å². The summed E-state index contributed by atoms with van der Waals surface area (Å²) >= 11 is 0. The monoisotopic (exact) mass is 269 g/mol. The summed E-state index contributed by atoms with van der Waals surface area (Å²) in [5, 5.41) is 9.97. The van der Waals surface area contributed by atoms with Gasteiger partial charge in [0.05, 0.1) is 12.8 Å². The van der Waals surface area contributed by atoms with Gasteiger partial charge in [-0.1, -0.05) is 42.5 Å². The highest BCUT2D eigenvalue weighted by Gasteiger charge is 2.11. The van der Waals surface area contributed by atoms with E-state index in [4.69, 9.17) is 0 Å². The molecule has 0 aliphatic rings. The second-order valence-corrected chi connectivity index (χ2v) is 4.12. The van der Waals surface area contributed by atoms with Gasteiger partial charge in [-0.3, -0.25) is 9.79 Å². The SMILES string of the molecule is COC(=O)CN=C(c1ccccc1)c1ccccc1O. The Hall–Kier alpha value is -2.62. The summed E-state index contributed by atoms with van der Waals surface area (Å²) in [6.07, 6.45) is 0. The fourth-order valence-electron chi connectivity index (χ4n) is 1.81. The first-order valence-corrected chi connectivity index (χ1v) is 6.17. The number of benzene rings is 2. The van der Waals surface area contributed by atoms with E-state index < -0.39 is 5.97 Å². The van der Waals surface area contributed by atoms with Gasteiger partial charge in [0.1, 0.15) is 12.3 Å². The van der Waals surface area contributed by atoms with Crippen LogP contribution in [0.4, 0.5) is 0 Å². The van der Waals surface area contributed by atoms with E-state index in [0.717, 1.165) is 5.56 Å². The largest absolute Gasteiger partial charge is 0.507 e. The smallest absolute Gasteiger partial charge is 0.327 e. The maximum absolute atomic E-state index is 11.3. The third-order valence-corrected chi connectivity index (χ3v) is 2.80. The Kier molecular flexibility index (Phi) is 4.50. The average molecular weight is 269 g/mol. The lowest BCUT2D eigenvalue weighted by Gasteiger charge is -2.09. The van der Waals surface area contributed by atoms with Gasteiger partial charge in [-0.2, -0.15) is 0 Å². The highest BCUT2D eigenvalue weighted by atomic mass is 16.5. The lowest BCUT2D eigenvalue weighted by Crippen LogP contribution is -2.10. The van der Waals surface area contributed by atoms with Gasteiger partial charge in [-0.25, -0.2) is 0 Å². The van der Waals surface area contributed by atoms with Gasteiger partial charge < -0.3 is 9.84 Å². The van der Waals surface area contributed by atoms with E-state index in [1.807, 2.05) is 36.4 Å². The van der Waals surface area contributed by atoms with Crippen molar-refractivity contribution in [1.82, 2.24) is 0 Å². The maximum atomic E-state index is 11.3. The van der Waals surface area contributed by atoms with E-state index >= 15 is 0 Å². The Morgan fingerprint density at radius 3 is 2.40 bits per heavy atom. The van der Waals surface area contributed by atoms with Crippen LogP contribution in [0.5, 0.6) is 5.75 Å². The Morgan fingerprint density at radius 2 is 1.75 bits per heavy atom. The summed E-state index contributed by atoms with van der Waals surface area (Å²) in [4.78, 5) is 15.5. The first-order valence-electron chi connectivity index (χ1n) is 6.17. The first kappa shape index (κ1) is 13.8. The van der Waals surface area contributed by atoms with Gasteiger partial charge in [-0.05, 0) is 12.1 Å². The summed E-state index contributed by atoms with van der Waals surface area (Å²) in [7, 11) is 1.32. The lowest BCUT2D eigenvalue weighted by atomic mass is 10.0. The second-order valence-electron chi connectivity index (χ2n) is 4.12. The molecule has 0 heterocycles. The van der Waals surface area contributed by atoms with Crippen molar-refractivity contribution in [3.8, 4) is 5.75 Å². The molecule has 0 radical (unpaired) electrons. The second kappa shape index (κ2) is 6.52. The fourth-order valence-corrected chi connectivity index (χ4v) is 1.81. The predicted octanol–water partition coefficient (Wildman–Crippen LogP) is 2.40. The molecule has 2 aromatic rings. The molecular formula is C16H15NO3. The number of hydrogen-bond acceptors (Lipinski definition) is 4. The zero-order valence-electron chi connectivity index (χ0n) is 11.1. The van der Waals surface area contributed by atoms with Gasteiger partial charge in [0.15, 0.2) is 0 Å². The number of para-hydroxylation sites is 1. The molecule has 0 bridgehead atoms. The Labute approximate surface area is 117 Å². The molecule has 0 aliphatic heterocycles. The van der Waals surface area contributed by atoms with Gasteiger partial charge in [0, 0.05) is 11.1 Å². The molecule has 2 aromatic carbocycles. The molecule has 0 aromatic heterocycles. The summed E-state index contributed by atoms with van der Waals surface area (Å²) in [6, 6.07) is 16.3. The summed E-state index contributed by atoms with van der Waals surface area (Å²) < 4.78 is 4.59. The minimum Gasteiger partial charge on any atom is -0.507 e. The highest BCUT2D eigenvalue weighted by Crippen LogP contribution is 2.20. The molecule has 0 aliphatic carbocycles. The van der Waals surface area contributed by atoms with Crippen molar-refractivity contribution >= 4 is 11.7 Å². The number of methoxy groups -OCH3 is 1. The van der Waals surface area contributed by atoms with Crippen LogP contribution in [0.2, 0.25) is 0 Å². The van der Waals surface area contributed by atoms with Crippen molar-refractivity contribution in [3.05, 3.63) is 65.7 Å². The van der Waals surface area contributed by atoms with Crippen LogP contribution in [0.25, 0.3) is 0 Å². The number of phenols is 1. The quantitative estimate of drug-likeness (QED) is 0.685.